The molecule has 0 radical (unpaired) electrons. The largest absolute Gasteiger partial charge is 0.300 e. The van der Waals surface area contributed by atoms with Gasteiger partial charge in [0.15, 0.2) is 0 Å². The fraction of sp³-hybridized carbons (Fsp3) is 0.429. The van der Waals surface area contributed by atoms with E-state index < -0.39 is 0 Å². The number of benzene rings is 1. The number of nitrogens with zero attached hydrogens (tertiary/aromatic N) is 1. The van der Waals surface area contributed by atoms with Crippen molar-refractivity contribution in [2.24, 2.45) is 0 Å². The third-order valence-corrected chi connectivity index (χ3v) is 3.14. The zero-order valence-corrected chi connectivity index (χ0v) is 9.39. The highest BCUT2D eigenvalue weighted by Crippen LogP contribution is 2.16. The van der Waals surface area contributed by atoms with Gasteiger partial charge in [-0.1, -0.05) is 48.9 Å². The van der Waals surface area contributed by atoms with Crippen LogP contribution in [0.2, 0.25) is 0 Å². The minimum absolute atomic E-state index is 0.638. The lowest BCUT2D eigenvalue weighted by Crippen LogP contribution is -2.34. The minimum atomic E-state index is 0.638. The van der Waals surface area contributed by atoms with Crippen molar-refractivity contribution in [1.29, 1.82) is 0 Å². The summed E-state index contributed by atoms with van der Waals surface area (Å²) in [6.07, 6.45) is 8.61. The molecule has 1 aromatic rings. The Morgan fingerprint density at radius 1 is 1.20 bits per heavy atom. The summed E-state index contributed by atoms with van der Waals surface area (Å²) in [4.78, 5) is 2.45. The summed E-state index contributed by atoms with van der Waals surface area (Å²) in [7, 11) is 2.22. The first kappa shape index (κ1) is 10.4. The molecule has 15 heavy (non-hydrogen) atoms. The van der Waals surface area contributed by atoms with Crippen molar-refractivity contribution in [2.45, 2.75) is 25.3 Å². The van der Waals surface area contributed by atoms with E-state index in [0.29, 0.717) is 6.04 Å². The van der Waals surface area contributed by atoms with Crippen LogP contribution in [0, 0.1) is 0 Å². The van der Waals surface area contributed by atoms with E-state index in [1.807, 2.05) is 0 Å². The molecule has 1 aromatic carbocycles. The summed E-state index contributed by atoms with van der Waals surface area (Å²) < 4.78 is 0. The van der Waals surface area contributed by atoms with E-state index in [1.165, 1.54) is 31.4 Å². The molecule has 0 bridgehead atoms. The number of rotatable bonds is 2. The Morgan fingerprint density at radius 3 is 2.73 bits per heavy atom. The van der Waals surface area contributed by atoms with Crippen LogP contribution in [0.1, 0.15) is 24.8 Å². The second kappa shape index (κ2) is 5.13. The van der Waals surface area contributed by atoms with E-state index in [-0.39, 0.29) is 0 Å². The van der Waals surface area contributed by atoms with E-state index in [2.05, 4.69) is 54.4 Å². The molecule has 1 nitrogen and oxygen atoms in total. The molecular formula is C14H19N. The molecule has 0 amide bonds. The normalized spacial score (nSPS) is 23.4. The quantitative estimate of drug-likeness (QED) is 0.710. The Labute approximate surface area is 92.4 Å². The van der Waals surface area contributed by atoms with Gasteiger partial charge in [-0.2, -0.15) is 0 Å². The van der Waals surface area contributed by atoms with Gasteiger partial charge in [-0.25, -0.2) is 0 Å². The van der Waals surface area contributed by atoms with Crippen LogP contribution in [-0.2, 0) is 0 Å². The molecule has 0 N–H and O–H groups in total. The van der Waals surface area contributed by atoms with Gasteiger partial charge in [0.05, 0.1) is 0 Å². The Kier molecular flexibility index (Phi) is 3.57. The summed E-state index contributed by atoms with van der Waals surface area (Å²) in [5.41, 5.74) is 1.30. The minimum Gasteiger partial charge on any atom is -0.300 e. The molecule has 1 atom stereocenters. The van der Waals surface area contributed by atoms with Crippen LogP contribution in [0.4, 0.5) is 0 Å². The zero-order chi connectivity index (χ0) is 10.5. The van der Waals surface area contributed by atoms with Gasteiger partial charge in [0.25, 0.3) is 0 Å². The first-order valence-electron chi connectivity index (χ1n) is 5.80. The second-order valence-electron chi connectivity index (χ2n) is 4.31. The highest BCUT2D eigenvalue weighted by Gasteiger charge is 2.15. The van der Waals surface area contributed by atoms with Crippen molar-refractivity contribution in [2.75, 3.05) is 13.6 Å². The van der Waals surface area contributed by atoms with Crippen molar-refractivity contribution >= 4 is 6.08 Å². The second-order valence-corrected chi connectivity index (χ2v) is 4.31. The van der Waals surface area contributed by atoms with Crippen molar-refractivity contribution in [1.82, 2.24) is 4.90 Å². The molecule has 1 aliphatic rings. The van der Waals surface area contributed by atoms with Crippen molar-refractivity contribution in [3.8, 4) is 0 Å². The monoisotopic (exact) mass is 201 g/mol. The molecule has 0 saturated carbocycles. The molecule has 80 valence electrons. The predicted molar refractivity (Wildman–Crippen MR) is 65.7 cm³/mol. The Bertz CT molecular complexity index is 315. The highest BCUT2D eigenvalue weighted by atomic mass is 15.1. The molecule has 0 spiro atoms. The van der Waals surface area contributed by atoms with Crippen LogP contribution in [-0.4, -0.2) is 24.5 Å². The van der Waals surface area contributed by atoms with Gasteiger partial charge in [0.1, 0.15) is 0 Å². The lowest BCUT2D eigenvalue weighted by molar-refractivity contribution is 0.222. The molecule has 0 aliphatic carbocycles. The molecule has 1 heteroatoms. The SMILES string of the molecule is CN1CCCCC1/C=C/c1ccccc1. The third kappa shape index (κ3) is 2.93. The number of likely N-dealkylation sites (tertiary alicyclic amines) is 1. The summed E-state index contributed by atoms with van der Waals surface area (Å²) in [5.74, 6) is 0. The van der Waals surface area contributed by atoms with Gasteiger partial charge in [0, 0.05) is 6.04 Å². The Balaban J connectivity index is 1.98. The number of hydrogen-bond donors (Lipinski definition) is 0. The van der Waals surface area contributed by atoms with Crippen molar-refractivity contribution < 1.29 is 0 Å². The van der Waals surface area contributed by atoms with Gasteiger partial charge in [-0.05, 0) is 32.0 Å². The average Bonchev–Trinajstić information content (AvgIpc) is 2.29. The van der Waals surface area contributed by atoms with Gasteiger partial charge in [0.2, 0.25) is 0 Å². The van der Waals surface area contributed by atoms with Crippen LogP contribution >= 0.6 is 0 Å². The van der Waals surface area contributed by atoms with Crippen molar-refractivity contribution in [3.63, 3.8) is 0 Å². The molecule has 1 aliphatic heterocycles. The fourth-order valence-corrected chi connectivity index (χ4v) is 2.13. The number of hydrogen-bond acceptors (Lipinski definition) is 1. The van der Waals surface area contributed by atoms with Crippen LogP contribution in [0.15, 0.2) is 36.4 Å². The highest BCUT2D eigenvalue weighted by molar-refractivity contribution is 5.49. The lowest BCUT2D eigenvalue weighted by atomic mass is 10.0. The van der Waals surface area contributed by atoms with E-state index in [1.54, 1.807) is 0 Å². The maximum Gasteiger partial charge on any atom is 0.0278 e. The predicted octanol–water partition coefficient (Wildman–Crippen LogP) is 3.18. The number of likely N-dealkylation sites (N-methyl/N-ethyl adjacent to an activating group) is 1. The van der Waals surface area contributed by atoms with E-state index >= 15 is 0 Å². The maximum atomic E-state index is 2.45. The first-order valence-corrected chi connectivity index (χ1v) is 5.80. The van der Waals surface area contributed by atoms with Crippen LogP contribution in [0.5, 0.6) is 0 Å². The van der Waals surface area contributed by atoms with Crippen LogP contribution < -0.4 is 0 Å². The molecular weight excluding hydrogens is 182 g/mol. The van der Waals surface area contributed by atoms with Gasteiger partial charge >= 0.3 is 0 Å². The summed E-state index contributed by atoms with van der Waals surface area (Å²) >= 11 is 0. The molecule has 0 aromatic heterocycles. The Morgan fingerprint density at radius 2 is 2.00 bits per heavy atom. The third-order valence-electron chi connectivity index (χ3n) is 3.14. The van der Waals surface area contributed by atoms with Gasteiger partial charge in [-0.15, -0.1) is 0 Å². The summed E-state index contributed by atoms with van der Waals surface area (Å²) in [6, 6.07) is 11.2. The van der Waals surface area contributed by atoms with Crippen molar-refractivity contribution in [3.05, 3.63) is 42.0 Å². The van der Waals surface area contributed by atoms with E-state index in [9.17, 15) is 0 Å². The average molecular weight is 201 g/mol. The molecule has 1 saturated heterocycles. The maximum absolute atomic E-state index is 2.45. The van der Waals surface area contributed by atoms with Gasteiger partial charge < -0.3 is 0 Å². The first-order chi connectivity index (χ1) is 7.36. The smallest absolute Gasteiger partial charge is 0.0278 e. The molecule has 1 fully saturated rings. The van der Waals surface area contributed by atoms with Gasteiger partial charge in [-0.3, -0.25) is 4.90 Å². The van der Waals surface area contributed by atoms with Crippen LogP contribution in [0.3, 0.4) is 0 Å². The van der Waals surface area contributed by atoms with E-state index in [4.69, 9.17) is 0 Å². The number of piperidine rings is 1. The Hall–Kier alpha value is -1.08. The molecule has 1 heterocycles. The standard InChI is InChI=1S/C14H19N/c1-15-12-6-5-9-14(15)11-10-13-7-3-2-4-8-13/h2-4,7-8,10-11,14H,5-6,9,12H2,1H3/b11-10+. The molecule has 1 unspecified atom stereocenters. The summed E-state index contributed by atoms with van der Waals surface area (Å²) in [6.45, 7) is 1.24. The van der Waals surface area contributed by atoms with Crippen LogP contribution in [0.25, 0.3) is 6.08 Å². The van der Waals surface area contributed by atoms with E-state index in [0.717, 1.165) is 0 Å². The topological polar surface area (TPSA) is 3.24 Å². The lowest BCUT2D eigenvalue weighted by Gasteiger charge is -2.30. The molecule has 2 rings (SSSR count). The zero-order valence-electron chi connectivity index (χ0n) is 9.39. The summed E-state index contributed by atoms with van der Waals surface area (Å²) in [5, 5.41) is 0. The fourth-order valence-electron chi connectivity index (χ4n) is 2.13.